The van der Waals surface area contributed by atoms with E-state index < -0.39 is 10.0 Å². The second kappa shape index (κ2) is 9.24. The van der Waals surface area contributed by atoms with Crippen molar-refractivity contribution >= 4 is 15.9 Å². The predicted molar refractivity (Wildman–Crippen MR) is 118 cm³/mol. The van der Waals surface area contributed by atoms with Crippen LogP contribution >= 0.6 is 0 Å². The van der Waals surface area contributed by atoms with Crippen molar-refractivity contribution in [2.75, 3.05) is 20.2 Å². The minimum Gasteiger partial charge on any atom is -0.496 e. The highest BCUT2D eigenvalue weighted by Crippen LogP contribution is 2.36. The lowest BCUT2D eigenvalue weighted by molar-refractivity contribution is 0.0927. The summed E-state index contributed by atoms with van der Waals surface area (Å²) in [6.45, 7) is 7.11. The zero-order valence-electron chi connectivity index (χ0n) is 18.5. The smallest absolute Gasteiger partial charge is 0.255 e. The van der Waals surface area contributed by atoms with Gasteiger partial charge in [0, 0.05) is 18.6 Å². The van der Waals surface area contributed by atoms with Crippen LogP contribution in [0.1, 0.15) is 79.8 Å². The van der Waals surface area contributed by atoms with Crippen LogP contribution in [0, 0.1) is 6.92 Å². The molecule has 30 heavy (non-hydrogen) atoms. The topological polar surface area (TPSA) is 102 Å². The average Bonchev–Trinajstić information content (AvgIpc) is 3.35. The van der Waals surface area contributed by atoms with Gasteiger partial charge in [-0.3, -0.25) is 9.69 Å². The van der Waals surface area contributed by atoms with Gasteiger partial charge in [0.1, 0.15) is 5.75 Å². The molecule has 1 aromatic rings. The SMILES string of the molecule is COc1c(C(C)C)cc(S(N)(=O)=O)c(C)c1C(=O)NCC1CCCN1C1CCCC1. The summed E-state index contributed by atoms with van der Waals surface area (Å²) in [5, 5.41) is 8.50. The van der Waals surface area contributed by atoms with Gasteiger partial charge >= 0.3 is 0 Å². The Hall–Kier alpha value is -1.64. The number of hydrogen-bond acceptors (Lipinski definition) is 5. The van der Waals surface area contributed by atoms with E-state index in [-0.39, 0.29) is 22.3 Å². The maximum absolute atomic E-state index is 13.2. The van der Waals surface area contributed by atoms with Crippen LogP contribution in [0.4, 0.5) is 0 Å². The van der Waals surface area contributed by atoms with E-state index in [1.54, 1.807) is 6.92 Å². The molecule has 0 bridgehead atoms. The average molecular weight is 438 g/mol. The van der Waals surface area contributed by atoms with E-state index in [0.717, 1.165) is 19.4 Å². The zero-order chi connectivity index (χ0) is 22.1. The summed E-state index contributed by atoms with van der Waals surface area (Å²) in [5.41, 5.74) is 1.25. The molecule has 1 heterocycles. The summed E-state index contributed by atoms with van der Waals surface area (Å²) in [6, 6.07) is 2.49. The normalized spacial score (nSPS) is 20.8. The Morgan fingerprint density at radius 1 is 1.27 bits per heavy atom. The third kappa shape index (κ3) is 4.65. The van der Waals surface area contributed by atoms with Crippen LogP contribution in [0.3, 0.4) is 0 Å². The van der Waals surface area contributed by atoms with Crippen molar-refractivity contribution < 1.29 is 17.9 Å². The first-order valence-corrected chi connectivity index (χ1v) is 12.5. The molecule has 1 amide bonds. The Kier molecular flexibility index (Phi) is 7.09. The van der Waals surface area contributed by atoms with Gasteiger partial charge in [0.2, 0.25) is 10.0 Å². The number of carbonyl (C=O) groups excluding carboxylic acids is 1. The highest BCUT2D eigenvalue weighted by Gasteiger charge is 2.33. The molecule has 8 heteroatoms. The van der Waals surface area contributed by atoms with Crippen LogP contribution in [-0.4, -0.2) is 51.5 Å². The number of amides is 1. The number of methoxy groups -OCH3 is 1. The summed E-state index contributed by atoms with van der Waals surface area (Å²) >= 11 is 0. The van der Waals surface area contributed by atoms with Crippen LogP contribution in [0.2, 0.25) is 0 Å². The van der Waals surface area contributed by atoms with Gasteiger partial charge in [0.25, 0.3) is 5.91 Å². The van der Waals surface area contributed by atoms with Gasteiger partial charge in [0.05, 0.1) is 17.6 Å². The fourth-order valence-corrected chi connectivity index (χ4v) is 5.88. The van der Waals surface area contributed by atoms with E-state index in [1.807, 2.05) is 13.8 Å². The molecule has 168 valence electrons. The molecular formula is C22H35N3O4S. The van der Waals surface area contributed by atoms with E-state index in [4.69, 9.17) is 9.88 Å². The largest absolute Gasteiger partial charge is 0.496 e. The van der Waals surface area contributed by atoms with Gasteiger partial charge in [0.15, 0.2) is 0 Å². The number of ether oxygens (including phenoxy) is 1. The van der Waals surface area contributed by atoms with Gasteiger partial charge in [-0.2, -0.15) is 0 Å². The number of nitrogens with zero attached hydrogens (tertiary/aromatic N) is 1. The number of nitrogens with one attached hydrogen (secondary N) is 1. The molecule has 0 aromatic heterocycles. The second-order valence-electron chi connectivity index (χ2n) is 8.88. The predicted octanol–water partition coefficient (Wildman–Crippen LogP) is 2.91. The van der Waals surface area contributed by atoms with Gasteiger partial charge < -0.3 is 10.1 Å². The lowest BCUT2D eigenvalue weighted by atomic mass is 9.95. The van der Waals surface area contributed by atoms with E-state index in [9.17, 15) is 13.2 Å². The van der Waals surface area contributed by atoms with Crippen molar-refractivity contribution in [2.24, 2.45) is 5.14 Å². The van der Waals surface area contributed by atoms with Gasteiger partial charge in [-0.25, -0.2) is 13.6 Å². The fourth-order valence-electron chi connectivity index (χ4n) is 5.06. The molecule has 0 spiro atoms. The molecule has 2 fully saturated rings. The number of likely N-dealkylation sites (tertiary alicyclic amines) is 1. The molecule has 1 atom stereocenters. The third-order valence-corrected chi connectivity index (χ3v) is 7.63. The number of carbonyl (C=O) groups is 1. The van der Waals surface area contributed by atoms with Gasteiger partial charge in [-0.05, 0) is 62.3 Å². The Morgan fingerprint density at radius 3 is 2.50 bits per heavy atom. The monoisotopic (exact) mass is 437 g/mol. The lowest BCUT2D eigenvalue weighted by Gasteiger charge is -2.30. The maximum atomic E-state index is 13.2. The maximum Gasteiger partial charge on any atom is 0.255 e. The van der Waals surface area contributed by atoms with Crippen molar-refractivity contribution in [3.05, 3.63) is 22.8 Å². The van der Waals surface area contributed by atoms with Crippen LogP contribution in [0.25, 0.3) is 0 Å². The molecule has 1 aliphatic carbocycles. The highest BCUT2D eigenvalue weighted by atomic mass is 32.2. The van der Waals surface area contributed by atoms with E-state index >= 15 is 0 Å². The summed E-state index contributed by atoms with van der Waals surface area (Å²) in [4.78, 5) is 15.8. The standard InChI is InChI=1S/C22H35N3O4S/c1-14(2)18-12-19(30(23,27)28)15(3)20(21(18)29-4)22(26)24-13-17-10-7-11-25(17)16-8-5-6-9-16/h12,14,16-17H,5-11,13H2,1-4H3,(H,24,26)(H2,23,27,28). The Balaban J connectivity index is 1.88. The van der Waals surface area contributed by atoms with Crippen LogP contribution in [0.5, 0.6) is 5.75 Å². The Morgan fingerprint density at radius 2 is 1.93 bits per heavy atom. The molecule has 0 radical (unpaired) electrons. The van der Waals surface area contributed by atoms with E-state index in [1.165, 1.54) is 38.9 Å². The molecule has 1 saturated heterocycles. The summed E-state index contributed by atoms with van der Waals surface area (Å²) in [5.74, 6) is 0.0850. The molecule has 1 aliphatic heterocycles. The molecule has 7 nitrogen and oxygen atoms in total. The minimum atomic E-state index is -3.96. The fraction of sp³-hybridized carbons (Fsp3) is 0.682. The van der Waals surface area contributed by atoms with Crippen LogP contribution in [-0.2, 0) is 10.0 Å². The first-order chi connectivity index (χ1) is 14.1. The summed E-state index contributed by atoms with van der Waals surface area (Å²) in [7, 11) is -2.46. The second-order valence-corrected chi connectivity index (χ2v) is 10.4. The van der Waals surface area contributed by atoms with Crippen molar-refractivity contribution in [3.63, 3.8) is 0 Å². The van der Waals surface area contributed by atoms with Crippen molar-refractivity contribution in [1.82, 2.24) is 10.2 Å². The molecule has 1 saturated carbocycles. The molecule has 1 unspecified atom stereocenters. The number of primary sulfonamides is 1. The lowest BCUT2D eigenvalue weighted by Crippen LogP contribution is -2.44. The van der Waals surface area contributed by atoms with Gasteiger partial charge in [-0.1, -0.05) is 26.7 Å². The Bertz CT molecular complexity index is 892. The summed E-state index contributed by atoms with van der Waals surface area (Å²) < 4.78 is 29.9. The minimum absolute atomic E-state index is 0.0226. The first kappa shape index (κ1) is 23.0. The number of rotatable bonds is 7. The van der Waals surface area contributed by atoms with Crippen molar-refractivity contribution in [1.29, 1.82) is 0 Å². The van der Waals surface area contributed by atoms with E-state index in [2.05, 4.69) is 10.2 Å². The van der Waals surface area contributed by atoms with E-state index in [0.29, 0.717) is 35.5 Å². The van der Waals surface area contributed by atoms with Crippen molar-refractivity contribution in [2.45, 2.75) is 82.2 Å². The molecule has 3 rings (SSSR count). The number of benzene rings is 1. The number of sulfonamides is 1. The van der Waals surface area contributed by atoms with Crippen LogP contribution in [0.15, 0.2) is 11.0 Å². The molecule has 3 N–H and O–H groups in total. The quantitative estimate of drug-likeness (QED) is 0.683. The number of nitrogens with two attached hydrogens (primary N) is 1. The zero-order valence-corrected chi connectivity index (χ0v) is 19.3. The summed E-state index contributed by atoms with van der Waals surface area (Å²) in [6.07, 6.45) is 7.28. The number of hydrogen-bond donors (Lipinski definition) is 2. The Labute approximate surface area is 180 Å². The van der Waals surface area contributed by atoms with Crippen LogP contribution < -0.4 is 15.2 Å². The highest BCUT2D eigenvalue weighted by molar-refractivity contribution is 7.89. The molecule has 2 aliphatic rings. The van der Waals surface area contributed by atoms with Gasteiger partial charge in [-0.15, -0.1) is 0 Å². The first-order valence-electron chi connectivity index (χ1n) is 10.9. The molecule has 1 aromatic carbocycles. The van der Waals surface area contributed by atoms with Crippen molar-refractivity contribution in [3.8, 4) is 5.75 Å². The molecular weight excluding hydrogens is 402 g/mol. The third-order valence-electron chi connectivity index (χ3n) is 6.59.